The van der Waals surface area contributed by atoms with Gasteiger partial charge in [-0.15, -0.1) is 0 Å². The number of carbonyl (C=O) groups excluding carboxylic acids is 3. The maximum Gasteiger partial charge on any atom is 0.331 e. The number of esters is 1. The molecule has 1 aromatic carbocycles. The van der Waals surface area contributed by atoms with Crippen molar-refractivity contribution in [3.8, 4) is 0 Å². The lowest BCUT2D eigenvalue weighted by Crippen LogP contribution is -2.68. The van der Waals surface area contributed by atoms with E-state index in [0.29, 0.717) is 50.6 Å². The van der Waals surface area contributed by atoms with Gasteiger partial charge in [0.2, 0.25) is 0 Å². The first-order chi connectivity index (χ1) is 22.0. The maximum absolute atomic E-state index is 13.3. The molecule has 46 heavy (non-hydrogen) atoms. The van der Waals surface area contributed by atoms with Crippen LogP contribution in [-0.2, 0) is 9.53 Å². The predicted molar refractivity (Wildman–Crippen MR) is 166 cm³/mol. The number of hydrazone groups is 1. The first-order valence-corrected chi connectivity index (χ1v) is 16.2. The highest BCUT2D eigenvalue weighted by molar-refractivity contribution is 6.10. The Morgan fingerprint density at radius 3 is 2.59 bits per heavy atom. The first-order valence-electron chi connectivity index (χ1n) is 16.2. The molecule has 4 saturated carbocycles. The highest BCUT2D eigenvalue weighted by Crippen LogP contribution is 2.70. The lowest BCUT2D eigenvalue weighted by atomic mass is 9.41. The summed E-state index contributed by atoms with van der Waals surface area (Å²) < 4.78 is 5.24. The number of anilines is 1. The second kappa shape index (κ2) is 11.1. The lowest BCUT2D eigenvalue weighted by Gasteiger charge is -2.65. The minimum absolute atomic E-state index is 0.0150. The summed E-state index contributed by atoms with van der Waals surface area (Å²) in [6.45, 7) is 2.40. The van der Waals surface area contributed by atoms with Crippen LogP contribution in [0.2, 0.25) is 0 Å². The number of H-pyrrole nitrogens is 1. The van der Waals surface area contributed by atoms with Crippen LogP contribution in [0.3, 0.4) is 0 Å². The molecule has 4 fully saturated rings. The third kappa shape index (κ3) is 4.64. The summed E-state index contributed by atoms with van der Waals surface area (Å²) in [5.41, 5.74) is 0.255. The van der Waals surface area contributed by atoms with Crippen molar-refractivity contribution in [1.82, 2.24) is 15.4 Å². The van der Waals surface area contributed by atoms with Crippen molar-refractivity contribution in [1.29, 1.82) is 0 Å². The van der Waals surface area contributed by atoms with Gasteiger partial charge >= 0.3 is 5.97 Å². The topological polar surface area (TPSA) is 186 Å². The first kappa shape index (κ1) is 30.8. The van der Waals surface area contributed by atoms with E-state index >= 15 is 0 Å². The molecular weight excluding hydrogens is 590 g/mol. The van der Waals surface area contributed by atoms with Gasteiger partial charge in [0.1, 0.15) is 12.3 Å². The van der Waals surface area contributed by atoms with Gasteiger partial charge in [0.15, 0.2) is 5.69 Å². The molecule has 2 heterocycles. The van der Waals surface area contributed by atoms with E-state index in [-0.39, 0.29) is 48.1 Å². The molecule has 8 atom stereocenters. The number of amides is 2. The Kier molecular flexibility index (Phi) is 7.45. The van der Waals surface area contributed by atoms with Crippen LogP contribution in [0.1, 0.15) is 85.7 Å². The summed E-state index contributed by atoms with van der Waals surface area (Å²) >= 11 is 0. The molecule has 0 bridgehead atoms. The van der Waals surface area contributed by atoms with Gasteiger partial charge in [-0.25, -0.2) is 15.2 Å². The third-order valence-electron chi connectivity index (χ3n) is 12.2. The number of benzene rings is 1. The Morgan fingerprint density at radius 2 is 1.83 bits per heavy atom. The summed E-state index contributed by atoms with van der Waals surface area (Å²) in [5.74, 6) is -1.81. The molecule has 0 saturated heterocycles. The minimum atomic E-state index is -1.27. The van der Waals surface area contributed by atoms with Crippen LogP contribution < -0.4 is 10.7 Å². The van der Waals surface area contributed by atoms with E-state index in [1.54, 1.807) is 36.6 Å². The van der Waals surface area contributed by atoms with E-state index in [1.165, 1.54) is 6.33 Å². The van der Waals surface area contributed by atoms with Gasteiger partial charge in [-0.2, -0.15) is 5.10 Å². The van der Waals surface area contributed by atoms with Gasteiger partial charge < -0.3 is 30.4 Å². The Morgan fingerprint density at radius 1 is 1.04 bits per heavy atom. The number of aromatic amines is 1. The number of cyclic esters (lactones) is 1. The van der Waals surface area contributed by atoms with Crippen LogP contribution in [0.25, 0.3) is 0 Å². The van der Waals surface area contributed by atoms with Gasteiger partial charge in [-0.05, 0) is 86.8 Å². The maximum atomic E-state index is 13.3. The van der Waals surface area contributed by atoms with E-state index in [9.17, 15) is 29.7 Å². The summed E-state index contributed by atoms with van der Waals surface area (Å²) in [7, 11) is 0. The van der Waals surface area contributed by atoms with Gasteiger partial charge in [-0.1, -0.05) is 25.1 Å². The van der Waals surface area contributed by atoms with Crippen molar-refractivity contribution in [2.45, 2.75) is 82.0 Å². The zero-order valence-electron chi connectivity index (χ0n) is 25.9. The normalized spacial score (nSPS) is 38.3. The average Bonchev–Trinajstić information content (AvgIpc) is 3.75. The van der Waals surface area contributed by atoms with Crippen LogP contribution in [0.5, 0.6) is 0 Å². The number of hydrogen-bond acceptors (Lipinski definition) is 9. The Balaban J connectivity index is 1.15. The highest BCUT2D eigenvalue weighted by Gasteiger charge is 2.71. The summed E-state index contributed by atoms with van der Waals surface area (Å²) in [6, 6.07) is 8.86. The summed E-state index contributed by atoms with van der Waals surface area (Å²) in [5, 5.41) is 42.6. The fourth-order valence-corrected chi connectivity index (χ4v) is 9.97. The number of nitrogens with one attached hydrogen (secondary N) is 3. The molecule has 5 unspecified atom stereocenters. The van der Waals surface area contributed by atoms with Crippen molar-refractivity contribution < 1.29 is 34.4 Å². The standard InChI is InChI=1S/C34H41N5O7/c1-31-11-8-24-25(34(31,45)14-10-23(31)20-15-26(41)46-17-20)9-13-33(44)16-22(40)7-12-32(24,33)18-37-39-30(43)28-27(35-19-36-28)29(42)38-21-5-3-2-4-6-21/h2-6,15,18-19,22-25,40,44-45H,7-14,16-17H2,1H3,(H,35,36)(H,38,42)(H,39,43)/t22-,23?,24+,25-,31?,32?,33?,34?/m1/s1. The Bertz CT molecular complexity index is 1610. The number of aromatic nitrogens is 2. The quantitative estimate of drug-likeness (QED) is 0.159. The van der Waals surface area contributed by atoms with E-state index in [0.717, 1.165) is 12.0 Å². The molecule has 4 aliphatic carbocycles. The van der Waals surface area contributed by atoms with Crippen molar-refractivity contribution in [3.63, 3.8) is 0 Å². The number of imidazole rings is 1. The molecule has 2 amide bonds. The van der Waals surface area contributed by atoms with Crippen LogP contribution in [0, 0.1) is 28.6 Å². The molecule has 0 radical (unpaired) electrons. The average molecular weight is 632 g/mol. The fraction of sp³-hybridized carbons (Fsp3) is 0.559. The Labute approximate surface area is 266 Å². The molecule has 5 aliphatic rings. The second-order valence-electron chi connectivity index (χ2n) is 14.2. The molecule has 12 nitrogen and oxygen atoms in total. The largest absolute Gasteiger partial charge is 0.458 e. The number of aliphatic hydroxyl groups is 3. The third-order valence-corrected chi connectivity index (χ3v) is 12.2. The molecular formula is C34H41N5O7. The molecule has 244 valence electrons. The number of ether oxygens (including phenoxy) is 1. The van der Waals surface area contributed by atoms with E-state index < -0.39 is 40.0 Å². The number of nitrogens with zero attached hydrogens (tertiary/aromatic N) is 2. The predicted octanol–water partition coefficient (Wildman–Crippen LogP) is 3.09. The van der Waals surface area contributed by atoms with E-state index in [2.05, 4.69) is 32.7 Å². The summed E-state index contributed by atoms with van der Waals surface area (Å²) in [6.07, 6.45) is 8.62. The van der Waals surface area contributed by atoms with Crippen LogP contribution in [0.4, 0.5) is 5.69 Å². The van der Waals surface area contributed by atoms with Gasteiger partial charge in [0.05, 0.1) is 23.6 Å². The molecule has 1 aromatic heterocycles. The summed E-state index contributed by atoms with van der Waals surface area (Å²) in [4.78, 5) is 44.9. The monoisotopic (exact) mass is 631 g/mol. The Hall–Kier alpha value is -3.87. The van der Waals surface area contributed by atoms with Crippen LogP contribution >= 0.6 is 0 Å². The van der Waals surface area contributed by atoms with E-state index in [1.807, 2.05) is 6.07 Å². The molecule has 12 heteroatoms. The number of hydrogen-bond donors (Lipinski definition) is 6. The number of para-hydroxylation sites is 1. The SMILES string of the molecule is CC12CC[C@H]3[C@@H](CCC4(O)C[C@H](O)CCC34C=NNC(=O)c3nc[nH]c3C(=O)Nc3ccccc3)C1(O)CCC2C1=CC(=O)OC1. The zero-order chi connectivity index (χ0) is 32.3. The van der Waals surface area contributed by atoms with Gasteiger partial charge in [-0.3, -0.25) is 9.59 Å². The highest BCUT2D eigenvalue weighted by atomic mass is 16.5. The van der Waals surface area contributed by atoms with Crippen molar-refractivity contribution >= 4 is 29.7 Å². The number of aliphatic hydroxyl groups excluding tert-OH is 1. The minimum Gasteiger partial charge on any atom is -0.458 e. The van der Waals surface area contributed by atoms with Crippen molar-refractivity contribution in [2.75, 3.05) is 11.9 Å². The van der Waals surface area contributed by atoms with Crippen LogP contribution in [0.15, 0.2) is 53.4 Å². The zero-order valence-corrected chi connectivity index (χ0v) is 25.9. The fourth-order valence-electron chi connectivity index (χ4n) is 9.97. The molecule has 1 aliphatic heterocycles. The van der Waals surface area contributed by atoms with Gasteiger partial charge in [0, 0.05) is 35.2 Å². The van der Waals surface area contributed by atoms with Gasteiger partial charge in [0.25, 0.3) is 11.8 Å². The van der Waals surface area contributed by atoms with Crippen molar-refractivity contribution in [2.24, 2.45) is 33.7 Å². The smallest absolute Gasteiger partial charge is 0.331 e. The molecule has 7 rings (SSSR count). The number of fused-ring (bicyclic) bond motifs is 5. The number of carbonyl (C=O) groups is 3. The van der Waals surface area contributed by atoms with Crippen molar-refractivity contribution in [3.05, 3.63) is 59.7 Å². The van der Waals surface area contributed by atoms with Crippen LogP contribution in [-0.4, -0.2) is 73.2 Å². The molecule has 6 N–H and O–H groups in total. The lowest BCUT2D eigenvalue weighted by molar-refractivity contribution is -0.237. The number of rotatable bonds is 6. The van der Waals surface area contributed by atoms with E-state index in [4.69, 9.17) is 4.74 Å². The molecule has 0 spiro atoms. The second-order valence-corrected chi connectivity index (χ2v) is 14.2. The molecule has 2 aromatic rings.